The molecule has 9 heteroatoms. The highest BCUT2D eigenvalue weighted by molar-refractivity contribution is 5.97. The first-order valence-corrected chi connectivity index (χ1v) is 9.98. The summed E-state index contributed by atoms with van der Waals surface area (Å²) >= 11 is 0. The van der Waals surface area contributed by atoms with E-state index in [2.05, 4.69) is 10.7 Å². The van der Waals surface area contributed by atoms with Crippen LogP contribution in [0, 0.1) is 12.8 Å². The number of nitrogens with one attached hydrogen (secondary N) is 2. The molecule has 1 fully saturated rings. The number of Topliss-reactive ketones (excluding diaryl/α,β-unsaturated/α-hetero) is 1. The molecule has 3 rings (SSSR count). The second-order valence-electron chi connectivity index (χ2n) is 7.51. The van der Waals surface area contributed by atoms with Crippen molar-refractivity contribution in [3.63, 3.8) is 0 Å². The van der Waals surface area contributed by atoms with E-state index < -0.39 is 36.2 Å². The van der Waals surface area contributed by atoms with Crippen LogP contribution in [0.25, 0.3) is 0 Å². The summed E-state index contributed by atoms with van der Waals surface area (Å²) < 4.78 is 5.03. The zero-order chi connectivity index (χ0) is 23.3. The molecule has 1 heterocycles. The third kappa shape index (κ3) is 5.78. The Morgan fingerprint density at radius 1 is 1.06 bits per heavy atom. The summed E-state index contributed by atoms with van der Waals surface area (Å²) in [6.07, 6.45) is -0.124. The number of carbonyl (C=O) groups excluding carboxylic acids is 5. The molecule has 0 aromatic heterocycles. The van der Waals surface area contributed by atoms with Crippen LogP contribution in [0.5, 0.6) is 0 Å². The Hall–Kier alpha value is -4.01. The molecule has 0 radical (unpaired) electrons. The molecule has 0 unspecified atom stereocenters. The predicted octanol–water partition coefficient (Wildman–Crippen LogP) is 1.87. The van der Waals surface area contributed by atoms with E-state index >= 15 is 0 Å². The van der Waals surface area contributed by atoms with Crippen molar-refractivity contribution in [2.45, 2.75) is 20.3 Å². The van der Waals surface area contributed by atoms with Gasteiger partial charge in [-0.15, -0.1) is 0 Å². The van der Waals surface area contributed by atoms with Crippen LogP contribution in [0.3, 0.4) is 0 Å². The van der Waals surface area contributed by atoms with Crippen molar-refractivity contribution in [3.8, 4) is 0 Å². The summed E-state index contributed by atoms with van der Waals surface area (Å²) in [4.78, 5) is 60.1. The number of hydrogen-bond acceptors (Lipinski definition) is 6. The predicted molar refractivity (Wildman–Crippen MR) is 115 cm³/mol. The maximum absolute atomic E-state index is 12.3. The second-order valence-corrected chi connectivity index (χ2v) is 7.51. The summed E-state index contributed by atoms with van der Waals surface area (Å²) in [5.74, 6) is -3.00. The number of esters is 1. The van der Waals surface area contributed by atoms with E-state index in [9.17, 15) is 24.0 Å². The van der Waals surface area contributed by atoms with Crippen molar-refractivity contribution in [2.24, 2.45) is 5.92 Å². The van der Waals surface area contributed by atoms with Gasteiger partial charge in [0.05, 0.1) is 12.5 Å². The largest absolute Gasteiger partial charge is 0.455 e. The lowest BCUT2D eigenvalue weighted by Gasteiger charge is -2.17. The molecule has 3 amide bonds. The van der Waals surface area contributed by atoms with E-state index in [0.29, 0.717) is 16.8 Å². The van der Waals surface area contributed by atoms with Gasteiger partial charge in [0.15, 0.2) is 12.4 Å². The quantitative estimate of drug-likeness (QED) is 0.504. The van der Waals surface area contributed by atoms with Crippen molar-refractivity contribution < 1.29 is 28.7 Å². The highest BCUT2D eigenvalue weighted by atomic mass is 16.5. The number of ether oxygens (including phenoxy) is 1. The molecule has 1 aliphatic rings. The van der Waals surface area contributed by atoms with Crippen LogP contribution in [0.1, 0.15) is 39.6 Å². The number of hydrogen-bond donors (Lipinski definition) is 2. The molecule has 1 aliphatic heterocycles. The molecule has 1 saturated heterocycles. The van der Waals surface area contributed by atoms with Gasteiger partial charge in [-0.2, -0.15) is 0 Å². The maximum atomic E-state index is 12.3. The van der Waals surface area contributed by atoms with Crippen molar-refractivity contribution in [2.75, 3.05) is 18.5 Å². The fraction of sp³-hybridized carbons (Fsp3) is 0.261. The number of rotatable bonds is 7. The SMILES string of the molecule is CC(=O)c1ccc(NC(=O)COC(=O)[C@H]2CC(=O)N(NC(=O)c3cccc(C)c3)C2)cc1. The monoisotopic (exact) mass is 437 g/mol. The van der Waals surface area contributed by atoms with E-state index in [1.54, 1.807) is 42.5 Å². The Balaban J connectivity index is 1.47. The van der Waals surface area contributed by atoms with E-state index in [0.717, 1.165) is 10.6 Å². The molecule has 0 saturated carbocycles. The molecular formula is C23H23N3O6. The summed E-state index contributed by atoms with van der Waals surface area (Å²) in [5, 5.41) is 3.65. The average molecular weight is 437 g/mol. The molecule has 2 aromatic rings. The van der Waals surface area contributed by atoms with E-state index in [-0.39, 0.29) is 18.7 Å². The van der Waals surface area contributed by atoms with Gasteiger partial charge in [-0.1, -0.05) is 17.7 Å². The number of hydrazine groups is 1. The second kappa shape index (κ2) is 9.86. The number of benzene rings is 2. The molecule has 0 aliphatic carbocycles. The fourth-order valence-corrected chi connectivity index (χ4v) is 3.19. The minimum absolute atomic E-state index is 0.0383. The lowest BCUT2D eigenvalue weighted by Crippen LogP contribution is -2.43. The summed E-state index contributed by atoms with van der Waals surface area (Å²) in [7, 11) is 0. The maximum Gasteiger partial charge on any atom is 0.311 e. The van der Waals surface area contributed by atoms with Crippen molar-refractivity contribution >= 4 is 35.2 Å². The standard InChI is InChI=1S/C23H23N3O6/c1-14-4-3-5-17(10-14)22(30)25-26-12-18(11-21(26)29)23(31)32-13-20(28)24-19-8-6-16(7-9-19)15(2)27/h3-10,18H,11-13H2,1-2H3,(H,24,28)(H,25,30)/t18-/m0/s1. The molecular weight excluding hydrogens is 414 g/mol. The molecule has 0 spiro atoms. The Morgan fingerprint density at radius 3 is 2.44 bits per heavy atom. The van der Waals surface area contributed by atoms with Crippen molar-refractivity contribution in [1.82, 2.24) is 10.4 Å². The number of anilines is 1. The first-order chi connectivity index (χ1) is 15.2. The summed E-state index contributed by atoms with van der Waals surface area (Å²) in [5.41, 5.74) is 4.77. The summed E-state index contributed by atoms with van der Waals surface area (Å²) in [6.45, 7) is 2.73. The van der Waals surface area contributed by atoms with E-state index in [1.165, 1.54) is 6.92 Å². The molecule has 32 heavy (non-hydrogen) atoms. The van der Waals surface area contributed by atoms with Gasteiger partial charge in [0.1, 0.15) is 0 Å². The van der Waals surface area contributed by atoms with E-state index in [4.69, 9.17) is 4.74 Å². The van der Waals surface area contributed by atoms with Crippen LogP contribution in [-0.2, 0) is 19.1 Å². The molecule has 0 bridgehead atoms. The lowest BCUT2D eigenvalue weighted by atomic mass is 10.1. The number of ketones is 1. The smallest absolute Gasteiger partial charge is 0.311 e. The first kappa shape index (κ1) is 22.7. The van der Waals surface area contributed by atoms with E-state index in [1.807, 2.05) is 13.0 Å². The van der Waals surface area contributed by atoms with Crippen molar-refractivity contribution in [3.05, 3.63) is 65.2 Å². The molecule has 2 N–H and O–H groups in total. The van der Waals surface area contributed by atoms with Crippen LogP contribution in [-0.4, -0.2) is 47.6 Å². The lowest BCUT2D eigenvalue weighted by molar-refractivity contribution is -0.151. The van der Waals surface area contributed by atoms with Crippen LogP contribution in [0.15, 0.2) is 48.5 Å². The molecule has 166 valence electrons. The van der Waals surface area contributed by atoms with Gasteiger partial charge >= 0.3 is 5.97 Å². The average Bonchev–Trinajstić information content (AvgIpc) is 3.12. The highest BCUT2D eigenvalue weighted by Gasteiger charge is 2.36. The van der Waals surface area contributed by atoms with Gasteiger partial charge in [0.25, 0.3) is 11.8 Å². The van der Waals surface area contributed by atoms with Crippen LogP contribution >= 0.6 is 0 Å². The molecule has 2 aromatic carbocycles. The normalized spacial score (nSPS) is 15.2. The summed E-state index contributed by atoms with van der Waals surface area (Å²) in [6, 6.07) is 13.2. The van der Waals surface area contributed by atoms with Gasteiger partial charge in [-0.05, 0) is 50.2 Å². The third-order valence-electron chi connectivity index (χ3n) is 4.90. The van der Waals surface area contributed by atoms with Gasteiger partial charge in [0, 0.05) is 23.2 Å². The Kier molecular flexibility index (Phi) is 6.99. The van der Waals surface area contributed by atoms with Gasteiger partial charge < -0.3 is 10.1 Å². The number of amides is 3. The Morgan fingerprint density at radius 2 is 1.78 bits per heavy atom. The number of carbonyl (C=O) groups is 5. The highest BCUT2D eigenvalue weighted by Crippen LogP contribution is 2.18. The fourth-order valence-electron chi connectivity index (χ4n) is 3.19. The van der Waals surface area contributed by atoms with Gasteiger partial charge in [-0.3, -0.25) is 34.4 Å². The van der Waals surface area contributed by atoms with Crippen LogP contribution in [0.4, 0.5) is 5.69 Å². The first-order valence-electron chi connectivity index (χ1n) is 9.98. The minimum atomic E-state index is -0.789. The van der Waals surface area contributed by atoms with Gasteiger partial charge in [0.2, 0.25) is 5.91 Å². The van der Waals surface area contributed by atoms with Gasteiger partial charge in [-0.25, -0.2) is 0 Å². The Labute approximate surface area is 184 Å². The minimum Gasteiger partial charge on any atom is -0.455 e. The van der Waals surface area contributed by atoms with Crippen LogP contribution in [0.2, 0.25) is 0 Å². The van der Waals surface area contributed by atoms with Crippen molar-refractivity contribution in [1.29, 1.82) is 0 Å². The topological polar surface area (TPSA) is 122 Å². The number of nitrogens with zero attached hydrogens (tertiary/aromatic N) is 1. The van der Waals surface area contributed by atoms with Crippen LogP contribution < -0.4 is 10.7 Å². The molecule has 1 atom stereocenters. The zero-order valence-electron chi connectivity index (χ0n) is 17.7. The zero-order valence-corrected chi connectivity index (χ0v) is 17.7. The third-order valence-corrected chi connectivity index (χ3v) is 4.90. The molecule has 9 nitrogen and oxygen atoms in total. The Bertz CT molecular complexity index is 1060. The number of aryl methyl sites for hydroxylation is 1.